The first-order valence-corrected chi connectivity index (χ1v) is 13.4. The van der Waals surface area contributed by atoms with Crippen molar-refractivity contribution in [2.75, 3.05) is 38.5 Å². The molecule has 2 aromatic heterocycles. The van der Waals surface area contributed by atoms with Crippen molar-refractivity contribution >= 4 is 35.0 Å². The maximum Gasteiger partial charge on any atom is 0.410 e. The summed E-state index contributed by atoms with van der Waals surface area (Å²) in [5.74, 6) is 0.710. The molecule has 4 heterocycles. The summed E-state index contributed by atoms with van der Waals surface area (Å²) in [6.45, 7) is 8.52. The van der Waals surface area contributed by atoms with Crippen LogP contribution >= 0.6 is 11.6 Å². The van der Waals surface area contributed by atoms with Crippen molar-refractivity contribution in [3.63, 3.8) is 0 Å². The molecule has 0 spiro atoms. The van der Waals surface area contributed by atoms with Gasteiger partial charge in [-0.2, -0.15) is 0 Å². The minimum Gasteiger partial charge on any atom is -0.487 e. The van der Waals surface area contributed by atoms with E-state index in [0.29, 0.717) is 36.1 Å². The normalized spacial score (nSPS) is 18.5. The maximum atomic E-state index is 12.7. The molecule has 0 bridgehead atoms. The van der Waals surface area contributed by atoms with Crippen molar-refractivity contribution in [3.8, 4) is 5.75 Å². The summed E-state index contributed by atoms with van der Waals surface area (Å²) < 4.78 is 11.5. The summed E-state index contributed by atoms with van der Waals surface area (Å²) in [7, 11) is 2.07. The molecule has 2 amide bonds. The summed E-state index contributed by atoms with van der Waals surface area (Å²) in [5.41, 5.74) is 2.18. The van der Waals surface area contributed by atoms with Crippen molar-refractivity contribution < 1.29 is 19.1 Å². The molecule has 9 nitrogen and oxygen atoms in total. The zero-order chi connectivity index (χ0) is 27.3. The number of nitrogens with one attached hydrogen (secondary N) is 1. The highest BCUT2D eigenvalue weighted by Crippen LogP contribution is 2.29. The van der Waals surface area contributed by atoms with Gasteiger partial charge in [0.1, 0.15) is 28.3 Å². The van der Waals surface area contributed by atoms with E-state index in [1.165, 1.54) is 6.20 Å². The fourth-order valence-corrected chi connectivity index (χ4v) is 4.61. The molecule has 2 aliphatic rings. The van der Waals surface area contributed by atoms with Crippen molar-refractivity contribution in [3.05, 3.63) is 52.9 Å². The Morgan fingerprint density at radius 3 is 2.66 bits per heavy atom. The maximum absolute atomic E-state index is 12.7. The highest BCUT2D eigenvalue weighted by molar-refractivity contribution is 6.32. The van der Waals surface area contributed by atoms with Gasteiger partial charge in [0.15, 0.2) is 0 Å². The first kappa shape index (κ1) is 27.9. The van der Waals surface area contributed by atoms with E-state index in [2.05, 4.69) is 27.2 Å². The molecule has 1 atom stereocenters. The van der Waals surface area contributed by atoms with Gasteiger partial charge in [-0.05, 0) is 70.8 Å². The Balaban J connectivity index is 1.30. The van der Waals surface area contributed by atoms with Gasteiger partial charge in [-0.1, -0.05) is 23.7 Å². The Morgan fingerprint density at radius 1 is 1.18 bits per heavy atom. The van der Waals surface area contributed by atoms with Crippen LogP contribution in [0, 0.1) is 0 Å². The minimum absolute atomic E-state index is 0.0569. The van der Waals surface area contributed by atoms with Crippen molar-refractivity contribution in [1.29, 1.82) is 0 Å². The first-order chi connectivity index (χ1) is 18.1. The van der Waals surface area contributed by atoms with Crippen LogP contribution in [-0.2, 0) is 16.0 Å². The molecule has 0 aromatic carbocycles. The van der Waals surface area contributed by atoms with Gasteiger partial charge < -0.3 is 24.6 Å². The van der Waals surface area contributed by atoms with Crippen molar-refractivity contribution in [2.45, 2.75) is 58.2 Å². The zero-order valence-corrected chi connectivity index (χ0v) is 23.3. The monoisotopic (exact) mass is 541 g/mol. The fourth-order valence-electron chi connectivity index (χ4n) is 4.46. The second-order valence-electron chi connectivity index (χ2n) is 10.8. The molecule has 10 heteroatoms. The SMILES string of the molecule is CN1CCC[C@H](Oc2cc(NC(=O)Cc3ccc(C4=CCN(C(=O)OC(C)(C)C)CC4)nc3)ncc2Cl)C1. The molecule has 0 aliphatic carbocycles. The Bertz CT molecular complexity index is 1180. The lowest BCUT2D eigenvalue weighted by atomic mass is 10.0. The number of rotatable bonds is 6. The zero-order valence-electron chi connectivity index (χ0n) is 22.5. The van der Waals surface area contributed by atoms with Gasteiger partial charge in [-0.15, -0.1) is 0 Å². The predicted octanol–water partition coefficient (Wildman–Crippen LogP) is 4.81. The van der Waals surface area contributed by atoms with Gasteiger partial charge in [0.25, 0.3) is 0 Å². The van der Waals surface area contributed by atoms with E-state index in [1.54, 1.807) is 17.2 Å². The number of amides is 2. The lowest BCUT2D eigenvalue weighted by Crippen LogP contribution is -2.39. The molecular formula is C28H36ClN5O4. The molecule has 2 aromatic rings. The molecular weight excluding hydrogens is 506 g/mol. The number of anilines is 1. The molecule has 0 saturated carbocycles. The average molecular weight is 542 g/mol. The molecule has 38 heavy (non-hydrogen) atoms. The third kappa shape index (κ3) is 7.91. The van der Waals surface area contributed by atoms with E-state index in [-0.39, 0.29) is 24.5 Å². The number of halogens is 1. The molecule has 0 unspecified atom stereocenters. The fraction of sp³-hybridized carbons (Fsp3) is 0.500. The summed E-state index contributed by atoms with van der Waals surface area (Å²) in [6.07, 6.45) is 7.84. The molecule has 204 valence electrons. The van der Waals surface area contributed by atoms with Crippen LogP contribution in [-0.4, -0.2) is 76.7 Å². The number of hydrogen-bond acceptors (Lipinski definition) is 7. The standard InChI is InChI=1S/C28H36ClN5O4/c1-28(2,3)38-27(36)34-12-9-20(10-13-34)23-8-7-19(16-30-23)14-26(35)32-25-15-24(22(29)17-31-25)37-21-6-5-11-33(4)18-21/h7-9,15-17,21H,5-6,10-14,18H2,1-4H3,(H,31,32,35)/t21-/m0/s1. The number of nitrogens with zero attached hydrogens (tertiary/aromatic N) is 4. The summed E-state index contributed by atoms with van der Waals surface area (Å²) in [4.78, 5) is 37.6. The number of ether oxygens (including phenoxy) is 2. The van der Waals surface area contributed by atoms with E-state index in [9.17, 15) is 9.59 Å². The Morgan fingerprint density at radius 2 is 2.00 bits per heavy atom. The average Bonchev–Trinajstić information content (AvgIpc) is 2.86. The Hall–Kier alpha value is -3.17. The van der Waals surface area contributed by atoms with E-state index in [4.69, 9.17) is 21.1 Å². The number of piperidine rings is 1. The van der Waals surface area contributed by atoms with E-state index in [0.717, 1.165) is 42.8 Å². The van der Waals surface area contributed by atoms with Crippen LogP contribution in [0.4, 0.5) is 10.6 Å². The number of hydrogen-bond donors (Lipinski definition) is 1. The van der Waals surface area contributed by atoms with Crippen LogP contribution in [0.2, 0.25) is 5.02 Å². The Kier molecular flexibility index (Phi) is 8.89. The van der Waals surface area contributed by atoms with Gasteiger partial charge in [-0.25, -0.2) is 9.78 Å². The molecule has 1 N–H and O–H groups in total. The van der Waals surface area contributed by atoms with Crippen LogP contribution < -0.4 is 10.1 Å². The van der Waals surface area contributed by atoms with Gasteiger partial charge >= 0.3 is 6.09 Å². The molecule has 2 aliphatic heterocycles. The second kappa shape index (κ2) is 12.1. The summed E-state index contributed by atoms with van der Waals surface area (Å²) in [6, 6.07) is 5.48. The number of pyridine rings is 2. The number of likely N-dealkylation sites (tertiary alicyclic amines) is 1. The van der Waals surface area contributed by atoms with Gasteiger partial charge in [0.05, 0.1) is 18.3 Å². The smallest absolute Gasteiger partial charge is 0.410 e. The lowest BCUT2D eigenvalue weighted by molar-refractivity contribution is -0.115. The predicted molar refractivity (Wildman–Crippen MR) is 147 cm³/mol. The van der Waals surface area contributed by atoms with Crippen LogP contribution in [0.25, 0.3) is 5.57 Å². The van der Waals surface area contributed by atoms with Gasteiger partial charge in [0, 0.05) is 31.9 Å². The summed E-state index contributed by atoms with van der Waals surface area (Å²) >= 11 is 6.29. The van der Waals surface area contributed by atoms with E-state index >= 15 is 0 Å². The topological polar surface area (TPSA) is 96.9 Å². The van der Waals surface area contributed by atoms with E-state index in [1.807, 2.05) is 39.0 Å². The molecule has 0 radical (unpaired) electrons. The summed E-state index contributed by atoms with van der Waals surface area (Å²) in [5, 5.41) is 3.24. The number of carbonyl (C=O) groups is 2. The quantitative estimate of drug-likeness (QED) is 0.560. The molecule has 1 saturated heterocycles. The van der Waals surface area contributed by atoms with E-state index < -0.39 is 5.60 Å². The first-order valence-electron chi connectivity index (χ1n) is 13.0. The highest BCUT2D eigenvalue weighted by atomic mass is 35.5. The van der Waals surface area contributed by atoms with Crippen molar-refractivity contribution in [1.82, 2.24) is 19.8 Å². The largest absolute Gasteiger partial charge is 0.487 e. The van der Waals surface area contributed by atoms with Crippen LogP contribution in [0.3, 0.4) is 0 Å². The molecule has 4 rings (SSSR count). The van der Waals surface area contributed by atoms with Crippen molar-refractivity contribution in [2.24, 2.45) is 0 Å². The van der Waals surface area contributed by atoms with Crippen LogP contribution in [0.15, 0.2) is 36.7 Å². The third-order valence-corrected chi connectivity index (χ3v) is 6.63. The van der Waals surface area contributed by atoms with Gasteiger partial charge in [-0.3, -0.25) is 9.78 Å². The minimum atomic E-state index is -0.517. The lowest BCUT2D eigenvalue weighted by Gasteiger charge is -2.30. The van der Waals surface area contributed by atoms with Gasteiger partial charge in [0.2, 0.25) is 5.91 Å². The third-order valence-electron chi connectivity index (χ3n) is 6.34. The second-order valence-corrected chi connectivity index (χ2v) is 11.2. The highest BCUT2D eigenvalue weighted by Gasteiger charge is 2.24. The molecule has 1 fully saturated rings. The Labute approximate surface area is 229 Å². The number of carbonyl (C=O) groups excluding carboxylic acids is 2. The van der Waals surface area contributed by atoms with Crippen LogP contribution in [0.1, 0.15) is 51.3 Å². The number of aromatic nitrogens is 2. The number of likely N-dealkylation sites (N-methyl/N-ethyl adjacent to an activating group) is 1. The van der Waals surface area contributed by atoms with Crippen LogP contribution in [0.5, 0.6) is 5.75 Å².